The van der Waals surface area contributed by atoms with Crippen LogP contribution in [-0.2, 0) is 4.79 Å². The summed E-state index contributed by atoms with van der Waals surface area (Å²) in [5.74, 6) is 0.800. The number of nitrogens with zero attached hydrogens (tertiary/aromatic N) is 2. The Hall–Kier alpha value is -2.23. The van der Waals surface area contributed by atoms with Crippen LogP contribution in [0, 0.1) is 6.07 Å². The number of benzene rings is 1. The zero-order chi connectivity index (χ0) is 18.5. The number of rotatable bonds is 12. The first-order chi connectivity index (χ1) is 12.8. The van der Waals surface area contributed by atoms with Crippen LogP contribution in [0.2, 0.25) is 0 Å². The van der Waals surface area contributed by atoms with Crippen LogP contribution in [-0.4, -0.2) is 15.9 Å². The summed E-state index contributed by atoms with van der Waals surface area (Å²) in [6, 6.07) is 10.4. The fourth-order valence-corrected chi connectivity index (χ4v) is 2.82. The van der Waals surface area contributed by atoms with Crippen molar-refractivity contribution in [3.8, 4) is 17.1 Å². The number of hydrogen-bond acceptors (Lipinski definition) is 4. The van der Waals surface area contributed by atoms with Gasteiger partial charge in [-0.05, 0) is 12.5 Å². The van der Waals surface area contributed by atoms with E-state index >= 15 is 0 Å². The number of esters is 1. The van der Waals surface area contributed by atoms with E-state index in [-0.39, 0.29) is 5.97 Å². The summed E-state index contributed by atoms with van der Waals surface area (Å²) in [4.78, 5) is 20.4. The lowest BCUT2D eigenvalue weighted by molar-refractivity contribution is -0.134. The lowest BCUT2D eigenvalue weighted by atomic mass is 10.1. The van der Waals surface area contributed by atoms with Gasteiger partial charge in [0.25, 0.3) is 0 Å². The normalized spacial score (nSPS) is 10.7. The van der Waals surface area contributed by atoms with Crippen molar-refractivity contribution in [3.05, 3.63) is 42.7 Å². The molecule has 1 radical (unpaired) electrons. The third kappa shape index (κ3) is 7.77. The van der Waals surface area contributed by atoms with Crippen molar-refractivity contribution in [2.45, 2.75) is 71.1 Å². The minimum absolute atomic E-state index is 0.210. The minimum Gasteiger partial charge on any atom is -0.423 e. The minimum atomic E-state index is -0.210. The van der Waals surface area contributed by atoms with Crippen LogP contribution in [0.3, 0.4) is 0 Å². The highest BCUT2D eigenvalue weighted by Crippen LogP contribution is 2.16. The second kappa shape index (κ2) is 12.2. The molecule has 1 aromatic heterocycles. The molecule has 4 nitrogen and oxygen atoms in total. The molecule has 1 heterocycles. The second-order valence-corrected chi connectivity index (χ2v) is 6.58. The predicted molar refractivity (Wildman–Crippen MR) is 104 cm³/mol. The molecule has 0 atom stereocenters. The molecule has 0 spiro atoms. The molecule has 0 saturated heterocycles. The summed E-state index contributed by atoms with van der Waals surface area (Å²) >= 11 is 0. The van der Waals surface area contributed by atoms with E-state index in [4.69, 9.17) is 4.74 Å². The van der Waals surface area contributed by atoms with E-state index in [1.165, 1.54) is 44.9 Å². The highest BCUT2D eigenvalue weighted by atomic mass is 16.5. The van der Waals surface area contributed by atoms with E-state index in [0.29, 0.717) is 18.0 Å². The second-order valence-electron chi connectivity index (χ2n) is 6.58. The first kappa shape index (κ1) is 20.1. The molecule has 1 aromatic carbocycles. The summed E-state index contributed by atoms with van der Waals surface area (Å²) < 4.78 is 5.31. The van der Waals surface area contributed by atoms with Crippen molar-refractivity contribution in [1.29, 1.82) is 0 Å². The van der Waals surface area contributed by atoms with Crippen molar-refractivity contribution in [1.82, 2.24) is 9.97 Å². The Morgan fingerprint density at radius 3 is 2.12 bits per heavy atom. The van der Waals surface area contributed by atoms with Gasteiger partial charge in [0.15, 0.2) is 11.6 Å². The number of ether oxygens (including phenoxy) is 1. The average molecular weight is 353 g/mol. The number of unbranched alkanes of at least 4 members (excludes halogenated alkanes) is 8. The molecule has 0 bridgehead atoms. The highest BCUT2D eigenvalue weighted by Gasteiger charge is 2.07. The predicted octanol–water partition coefficient (Wildman–Crippen LogP) is 5.77. The highest BCUT2D eigenvalue weighted by molar-refractivity contribution is 5.72. The van der Waals surface area contributed by atoms with Gasteiger partial charge in [-0.25, -0.2) is 9.97 Å². The maximum atomic E-state index is 11.9. The van der Waals surface area contributed by atoms with Gasteiger partial charge >= 0.3 is 5.97 Å². The molecule has 26 heavy (non-hydrogen) atoms. The molecule has 0 N–H and O–H groups in total. The van der Waals surface area contributed by atoms with Crippen LogP contribution in [0.25, 0.3) is 11.4 Å². The Bertz CT molecular complexity index is 626. The van der Waals surface area contributed by atoms with Gasteiger partial charge in [-0.15, -0.1) is 0 Å². The quantitative estimate of drug-likeness (QED) is 0.359. The molecule has 0 unspecified atom stereocenters. The molecule has 0 fully saturated rings. The summed E-state index contributed by atoms with van der Waals surface area (Å²) in [6.07, 6.45) is 14.6. The fraction of sp³-hybridized carbons (Fsp3) is 0.500. The molecule has 2 rings (SSSR count). The third-order valence-corrected chi connectivity index (χ3v) is 4.32. The number of carbonyl (C=O) groups is 1. The monoisotopic (exact) mass is 353 g/mol. The zero-order valence-corrected chi connectivity index (χ0v) is 15.7. The maximum absolute atomic E-state index is 11.9. The topological polar surface area (TPSA) is 52.1 Å². The van der Waals surface area contributed by atoms with Crippen LogP contribution in [0.15, 0.2) is 36.7 Å². The number of carbonyl (C=O) groups excluding carboxylic acids is 1. The third-order valence-electron chi connectivity index (χ3n) is 4.32. The van der Waals surface area contributed by atoms with Crippen LogP contribution < -0.4 is 4.74 Å². The van der Waals surface area contributed by atoms with E-state index in [9.17, 15) is 4.79 Å². The maximum Gasteiger partial charge on any atom is 0.311 e. The Kier molecular flexibility index (Phi) is 9.41. The first-order valence-electron chi connectivity index (χ1n) is 9.79. The van der Waals surface area contributed by atoms with Crippen LogP contribution in [0.1, 0.15) is 71.1 Å². The Balaban J connectivity index is 1.59. The van der Waals surface area contributed by atoms with E-state index in [2.05, 4.69) is 23.0 Å². The van der Waals surface area contributed by atoms with Gasteiger partial charge in [-0.3, -0.25) is 4.79 Å². The van der Waals surface area contributed by atoms with E-state index in [0.717, 1.165) is 18.4 Å². The molecule has 0 amide bonds. The van der Waals surface area contributed by atoms with Gasteiger partial charge in [-0.2, -0.15) is 0 Å². The van der Waals surface area contributed by atoms with Gasteiger partial charge in [0.05, 0.1) is 12.4 Å². The van der Waals surface area contributed by atoms with Gasteiger partial charge in [-0.1, -0.05) is 82.6 Å². The Labute approximate surface area is 157 Å². The molecule has 4 heteroatoms. The number of aromatic nitrogens is 2. The SMILES string of the molecule is CCCCCCCCCCCC(=O)Oc1cnc(-c2cc[c]cc2)nc1. The molecular weight excluding hydrogens is 324 g/mol. The average Bonchev–Trinajstić information content (AvgIpc) is 2.68. The molecule has 0 aliphatic heterocycles. The van der Waals surface area contributed by atoms with Crippen LogP contribution in [0.4, 0.5) is 0 Å². The lowest BCUT2D eigenvalue weighted by Crippen LogP contribution is -2.08. The molecule has 0 aliphatic rings. The lowest BCUT2D eigenvalue weighted by Gasteiger charge is -2.05. The van der Waals surface area contributed by atoms with Crippen molar-refractivity contribution >= 4 is 5.97 Å². The van der Waals surface area contributed by atoms with Gasteiger partial charge in [0.1, 0.15) is 0 Å². The number of hydrogen-bond donors (Lipinski definition) is 0. The van der Waals surface area contributed by atoms with Crippen molar-refractivity contribution in [3.63, 3.8) is 0 Å². The molecular formula is C22H29N2O2. The van der Waals surface area contributed by atoms with Gasteiger partial charge < -0.3 is 4.74 Å². The zero-order valence-electron chi connectivity index (χ0n) is 15.7. The Morgan fingerprint density at radius 1 is 0.923 bits per heavy atom. The first-order valence-corrected chi connectivity index (χ1v) is 9.79. The van der Waals surface area contributed by atoms with E-state index < -0.39 is 0 Å². The fourth-order valence-electron chi connectivity index (χ4n) is 2.82. The summed E-state index contributed by atoms with van der Waals surface area (Å²) in [5, 5.41) is 0. The molecule has 2 aromatic rings. The standard InChI is InChI=1S/C22H29N2O2/c1-2-3-4-5-6-7-8-9-13-16-21(25)26-20-17-23-22(24-18-20)19-14-11-10-12-15-19/h11-12,14-15,17-18H,2-9,13,16H2,1H3. The smallest absolute Gasteiger partial charge is 0.311 e. The summed E-state index contributed by atoms with van der Waals surface area (Å²) in [5.41, 5.74) is 0.913. The van der Waals surface area contributed by atoms with Gasteiger partial charge in [0.2, 0.25) is 0 Å². The molecule has 0 saturated carbocycles. The van der Waals surface area contributed by atoms with Gasteiger partial charge in [0, 0.05) is 12.0 Å². The van der Waals surface area contributed by atoms with Crippen molar-refractivity contribution in [2.75, 3.05) is 0 Å². The van der Waals surface area contributed by atoms with Crippen molar-refractivity contribution < 1.29 is 9.53 Å². The van der Waals surface area contributed by atoms with Crippen LogP contribution >= 0.6 is 0 Å². The van der Waals surface area contributed by atoms with E-state index in [1.54, 1.807) is 12.4 Å². The Morgan fingerprint density at radius 2 is 1.50 bits per heavy atom. The van der Waals surface area contributed by atoms with Crippen molar-refractivity contribution in [2.24, 2.45) is 0 Å². The molecule has 139 valence electrons. The van der Waals surface area contributed by atoms with Crippen LogP contribution in [0.5, 0.6) is 5.75 Å². The summed E-state index contributed by atoms with van der Waals surface area (Å²) in [6.45, 7) is 2.24. The van der Waals surface area contributed by atoms with E-state index in [1.807, 2.05) is 24.3 Å². The summed E-state index contributed by atoms with van der Waals surface area (Å²) in [7, 11) is 0. The molecule has 0 aliphatic carbocycles. The largest absolute Gasteiger partial charge is 0.423 e.